The third-order valence-corrected chi connectivity index (χ3v) is 5.27. The maximum absolute atomic E-state index is 13.9. The van der Waals surface area contributed by atoms with Crippen molar-refractivity contribution in [1.82, 2.24) is 10.2 Å². The molecule has 3 N–H and O–H groups in total. The van der Waals surface area contributed by atoms with Gasteiger partial charge in [0.2, 0.25) is 5.91 Å². The molecule has 0 atom stereocenters. The molecule has 0 aromatic heterocycles. The Labute approximate surface area is 181 Å². The highest BCUT2D eigenvalue weighted by atomic mass is 19.1. The van der Waals surface area contributed by atoms with E-state index in [0.29, 0.717) is 12.2 Å². The van der Waals surface area contributed by atoms with E-state index in [1.54, 1.807) is 6.07 Å². The van der Waals surface area contributed by atoms with Crippen LogP contribution in [0.25, 0.3) is 0 Å². The Morgan fingerprint density at radius 1 is 1.00 bits per heavy atom. The van der Waals surface area contributed by atoms with Crippen LogP contribution < -0.4 is 10.2 Å². The molecule has 170 valence electrons. The standard InChI is InChI=1S/C20H28FN3O.C2H2O4/c21-18-8-4-5-9-19(18)24-14-12-23(13-15-24)16-20(25)22-11-10-17-6-2-1-3-7-17;3-1(4)2(5)6/h4-6,8-9H,1-3,7,10-16H2,(H,22,25);(H,3,4)(H,5,6). The molecule has 31 heavy (non-hydrogen) atoms. The van der Waals surface area contributed by atoms with E-state index >= 15 is 0 Å². The van der Waals surface area contributed by atoms with Crippen LogP contribution >= 0.6 is 0 Å². The number of carbonyl (C=O) groups is 3. The molecule has 1 aromatic carbocycles. The van der Waals surface area contributed by atoms with Crippen molar-refractivity contribution in [3.63, 3.8) is 0 Å². The molecule has 1 fully saturated rings. The highest BCUT2D eigenvalue weighted by Crippen LogP contribution is 2.20. The number of carbonyl (C=O) groups excluding carboxylic acids is 1. The van der Waals surface area contributed by atoms with Crippen LogP contribution in [-0.2, 0) is 14.4 Å². The first-order chi connectivity index (χ1) is 14.9. The van der Waals surface area contributed by atoms with Crippen LogP contribution in [0.15, 0.2) is 35.9 Å². The van der Waals surface area contributed by atoms with E-state index in [1.165, 1.54) is 37.3 Å². The first-order valence-corrected chi connectivity index (χ1v) is 10.5. The lowest BCUT2D eigenvalue weighted by Gasteiger charge is -2.35. The smallest absolute Gasteiger partial charge is 0.414 e. The van der Waals surface area contributed by atoms with E-state index in [1.807, 2.05) is 12.1 Å². The number of aliphatic carboxylic acids is 2. The molecule has 3 rings (SSSR count). The van der Waals surface area contributed by atoms with Crippen LogP contribution in [0.1, 0.15) is 32.1 Å². The van der Waals surface area contributed by atoms with Crippen molar-refractivity contribution < 1.29 is 29.0 Å². The van der Waals surface area contributed by atoms with E-state index in [0.717, 1.165) is 39.1 Å². The Hall–Kier alpha value is -2.94. The van der Waals surface area contributed by atoms with Crippen molar-refractivity contribution in [2.24, 2.45) is 0 Å². The molecule has 0 spiro atoms. The molecule has 0 bridgehead atoms. The number of benzene rings is 1. The summed E-state index contributed by atoms with van der Waals surface area (Å²) in [5.41, 5.74) is 2.15. The van der Waals surface area contributed by atoms with Gasteiger partial charge in [-0.15, -0.1) is 0 Å². The summed E-state index contributed by atoms with van der Waals surface area (Å²) in [5, 5.41) is 17.8. The summed E-state index contributed by atoms with van der Waals surface area (Å²) in [4.78, 5) is 34.5. The minimum atomic E-state index is -1.82. The van der Waals surface area contributed by atoms with Gasteiger partial charge in [-0.25, -0.2) is 14.0 Å². The zero-order chi connectivity index (χ0) is 22.6. The fourth-order valence-corrected chi connectivity index (χ4v) is 3.61. The lowest BCUT2D eigenvalue weighted by Crippen LogP contribution is -2.49. The fraction of sp³-hybridized carbons (Fsp3) is 0.500. The molecule has 2 aliphatic rings. The first-order valence-electron chi connectivity index (χ1n) is 10.5. The van der Waals surface area contributed by atoms with E-state index < -0.39 is 11.9 Å². The van der Waals surface area contributed by atoms with Crippen LogP contribution in [-0.4, -0.2) is 72.2 Å². The van der Waals surface area contributed by atoms with Crippen LogP contribution in [0, 0.1) is 5.82 Å². The number of carboxylic acids is 2. The molecule has 1 aliphatic heterocycles. The molecule has 1 aromatic rings. The molecule has 0 radical (unpaired) electrons. The molecule has 1 amide bonds. The number of rotatable bonds is 6. The zero-order valence-electron chi connectivity index (χ0n) is 17.6. The van der Waals surface area contributed by atoms with Crippen LogP contribution in [0.4, 0.5) is 10.1 Å². The molecule has 1 heterocycles. The summed E-state index contributed by atoms with van der Waals surface area (Å²) in [7, 11) is 0. The van der Waals surface area contributed by atoms with Gasteiger partial charge in [0.25, 0.3) is 0 Å². The van der Waals surface area contributed by atoms with Crippen molar-refractivity contribution in [2.75, 3.05) is 44.2 Å². The third kappa shape index (κ3) is 8.75. The van der Waals surface area contributed by atoms with Crippen LogP contribution in [0.5, 0.6) is 0 Å². The third-order valence-electron chi connectivity index (χ3n) is 5.27. The number of allylic oxidation sites excluding steroid dienone is 1. The second-order valence-corrected chi connectivity index (χ2v) is 7.53. The van der Waals surface area contributed by atoms with E-state index in [-0.39, 0.29) is 11.7 Å². The van der Waals surface area contributed by atoms with Crippen molar-refractivity contribution >= 4 is 23.5 Å². The lowest BCUT2D eigenvalue weighted by atomic mass is 9.97. The number of carboxylic acid groups (broad SMARTS) is 2. The maximum Gasteiger partial charge on any atom is 0.414 e. The Morgan fingerprint density at radius 2 is 1.68 bits per heavy atom. The average molecular weight is 435 g/mol. The highest BCUT2D eigenvalue weighted by Gasteiger charge is 2.20. The SMILES string of the molecule is O=C(CN1CCN(c2ccccc2F)CC1)NCCC1=CCCCC1.O=C(O)C(=O)O. The van der Waals surface area contributed by atoms with Gasteiger partial charge < -0.3 is 20.4 Å². The van der Waals surface area contributed by atoms with Gasteiger partial charge in [0.1, 0.15) is 5.82 Å². The molecule has 0 saturated carbocycles. The zero-order valence-corrected chi connectivity index (χ0v) is 17.6. The Balaban J connectivity index is 0.000000501. The van der Waals surface area contributed by atoms with Crippen molar-refractivity contribution in [2.45, 2.75) is 32.1 Å². The van der Waals surface area contributed by atoms with Crippen molar-refractivity contribution in [3.05, 3.63) is 41.7 Å². The summed E-state index contributed by atoms with van der Waals surface area (Å²) in [6.45, 7) is 4.24. The number of halogens is 1. The van der Waals surface area contributed by atoms with Crippen LogP contribution in [0.3, 0.4) is 0 Å². The highest BCUT2D eigenvalue weighted by molar-refractivity contribution is 6.27. The molecular weight excluding hydrogens is 405 g/mol. The van der Waals surface area contributed by atoms with Gasteiger partial charge >= 0.3 is 11.9 Å². The maximum atomic E-state index is 13.9. The predicted molar refractivity (Wildman–Crippen MR) is 115 cm³/mol. The second-order valence-electron chi connectivity index (χ2n) is 7.53. The Kier molecular flexibility index (Phi) is 9.96. The quantitative estimate of drug-likeness (QED) is 0.464. The molecule has 9 heteroatoms. The largest absolute Gasteiger partial charge is 0.473 e. The summed E-state index contributed by atoms with van der Waals surface area (Å²) in [6, 6.07) is 6.89. The molecule has 1 aliphatic carbocycles. The summed E-state index contributed by atoms with van der Waals surface area (Å²) >= 11 is 0. The number of anilines is 1. The summed E-state index contributed by atoms with van der Waals surface area (Å²) in [5.74, 6) is -3.73. The van der Waals surface area contributed by atoms with Crippen molar-refractivity contribution in [3.8, 4) is 0 Å². The summed E-state index contributed by atoms with van der Waals surface area (Å²) in [6.07, 6.45) is 8.27. The number of hydrogen-bond donors (Lipinski definition) is 3. The van der Waals surface area contributed by atoms with Gasteiger partial charge in [-0.1, -0.05) is 23.8 Å². The minimum absolute atomic E-state index is 0.0933. The molecular formula is C22H30FN3O5. The topological polar surface area (TPSA) is 110 Å². The van der Waals surface area contributed by atoms with E-state index in [2.05, 4.69) is 21.2 Å². The number of para-hydroxylation sites is 1. The monoisotopic (exact) mass is 435 g/mol. The first kappa shape index (κ1) is 24.3. The summed E-state index contributed by atoms with van der Waals surface area (Å²) < 4.78 is 13.9. The van der Waals surface area contributed by atoms with Crippen molar-refractivity contribution in [1.29, 1.82) is 0 Å². The van der Waals surface area contributed by atoms with Crippen LogP contribution in [0.2, 0.25) is 0 Å². The van der Waals surface area contributed by atoms with E-state index in [4.69, 9.17) is 19.8 Å². The second kappa shape index (κ2) is 12.7. The number of piperazine rings is 1. The predicted octanol–water partition coefficient (Wildman–Crippen LogP) is 2.11. The number of nitrogens with one attached hydrogen (secondary N) is 1. The lowest BCUT2D eigenvalue weighted by molar-refractivity contribution is -0.159. The van der Waals surface area contributed by atoms with Gasteiger partial charge in [-0.3, -0.25) is 9.69 Å². The Morgan fingerprint density at radius 3 is 2.26 bits per heavy atom. The minimum Gasteiger partial charge on any atom is -0.473 e. The van der Waals surface area contributed by atoms with Gasteiger partial charge in [-0.2, -0.15) is 0 Å². The van der Waals surface area contributed by atoms with Gasteiger partial charge in [0.15, 0.2) is 0 Å². The molecule has 8 nitrogen and oxygen atoms in total. The van der Waals surface area contributed by atoms with Gasteiger partial charge in [-0.05, 0) is 44.2 Å². The molecule has 1 saturated heterocycles. The van der Waals surface area contributed by atoms with Gasteiger partial charge in [0.05, 0.1) is 12.2 Å². The number of hydrogen-bond acceptors (Lipinski definition) is 5. The number of nitrogens with zero attached hydrogens (tertiary/aromatic N) is 2. The normalized spacial score (nSPS) is 16.5. The number of amides is 1. The molecule has 0 unspecified atom stereocenters. The van der Waals surface area contributed by atoms with E-state index in [9.17, 15) is 9.18 Å². The fourth-order valence-electron chi connectivity index (χ4n) is 3.61. The Bertz CT molecular complexity index is 779. The van der Waals surface area contributed by atoms with Gasteiger partial charge in [0, 0.05) is 32.7 Å². The average Bonchev–Trinajstić information content (AvgIpc) is 2.76.